The van der Waals surface area contributed by atoms with E-state index in [0.29, 0.717) is 0 Å². The van der Waals surface area contributed by atoms with Crippen LogP contribution in [0, 0.1) is 6.92 Å². The molecule has 0 saturated heterocycles. The molecule has 3 rings (SSSR count). The van der Waals surface area contributed by atoms with Gasteiger partial charge in [-0.2, -0.15) is 0 Å². The molecule has 0 spiro atoms. The van der Waals surface area contributed by atoms with Gasteiger partial charge in [0.05, 0.1) is 0 Å². The van der Waals surface area contributed by atoms with E-state index in [9.17, 15) is 0 Å². The summed E-state index contributed by atoms with van der Waals surface area (Å²) in [6.07, 6.45) is 2.33. The molecule has 0 fully saturated rings. The number of hydrogen-bond donors (Lipinski definition) is 0. The van der Waals surface area contributed by atoms with Gasteiger partial charge >= 0.3 is 0 Å². The van der Waals surface area contributed by atoms with E-state index in [-0.39, 0.29) is 0 Å². The van der Waals surface area contributed by atoms with Gasteiger partial charge in [0.15, 0.2) is 0 Å². The van der Waals surface area contributed by atoms with Crippen molar-refractivity contribution in [1.82, 2.24) is 0 Å². The SMILES string of the molecule is Cc1cccc2c1Sc1ccccc1CC2. The van der Waals surface area contributed by atoms with Gasteiger partial charge in [-0.05, 0) is 42.5 Å². The van der Waals surface area contributed by atoms with E-state index >= 15 is 0 Å². The lowest BCUT2D eigenvalue weighted by Crippen LogP contribution is -1.91. The Bertz CT molecular complexity index is 529. The van der Waals surface area contributed by atoms with E-state index < -0.39 is 0 Å². The van der Waals surface area contributed by atoms with Crippen molar-refractivity contribution in [3.8, 4) is 0 Å². The summed E-state index contributed by atoms with van der Waals surface area (Å²) >= 11 is 1.93. The minimum atomic E-state index is 1.17. The minimum absolute atomic E-state index is 1.17. The standard InChI is InChI=1S/C15H14S/c1-11-5-4-7-13-10-9-12-6-2-3-8-14(12)16-15(11)13/h2-8H,9-10H2,1H3. The van der Waals surface area contributed by atoms with Crippen LogP contribution in [0.5, 0.6) is 0 Å². The maximum absolute atomic E-state index is 2.27. The summed E-state index contributed by atoms with van der Waals surface area (Å²) in [4.78, 5) is 2.89. The van der Waals surface area contributed by atoms with Crippen LogP contribution in [0.4, 0.5) is 0 Å². The van der Waals surface area contributed by atoms with Gasteiger partial charge in [-0.1, -0.05) is 48.2 Å². The zero-order chi connectivity index (χ0) is 11.0. The molecule has 0 atom stereocenters. The summed E-state index contributed by atoms with van der Waals surface area (Å²) in [5, 5.41) is 0. The molecule has 0 radical (unpaired) electrons. The minimum Gasteiger partial charge on any atom is -0.0892 e. The Morgan fingerprint density at radius 1 is 0.875 bits per heavy atom. The molecular formula is C15H14S. The second kappa shape index (κ2) is 3.99. The van der Waals surface area contributed by atoms with Crippen molar-refractivity contribution in [2.24, 2.45) is 0 Å². The van der Waals surface area contributed by atoms with Crippen molar-refractivity contribution in [3.63, 3.8) is 0 Å². The van der Waals surface area contributed by atoms with Gasteiger partial charge in [0.1, 0.15) is 0 Å². The first-order valence-corrected chi connectivity index (χ1v) is 6.50. The number of hydrogen-bond acceptors (Lipinski definition) is 1. The largest absolute Gasteiger partial charge is 0.0892 e. The first-order chi connectivity index (χ1) is 7.84. The molecule has 0 unspecified atom stereocenters. The Morgan fingerprint density at radius 3 is 2.56 bits per heavy atom. The van der Waals surface area contributed by atoms with E-state index in [1.807, 2.05) is 11.8 Å². The lowest BCUT2D eigenvalue weighted by Gasteiger charge is -2.08. The molecule has 1 aliphatic heterocycles. The van der Waals surface area contributed by atoms with Gasteiger partial charge in [0, 0.05) is 9.79 Å². The third-order valence-corrected chi connectivity index (χ3v) is 4.55. The van der Waals surface area contributed by atoms with Crippen LogP contribution in [0.25, 0.3) is 0 Å². The van der Waals surface area contributed by atoms with E-state index in [2.05, 4.69) is 49.4 Å². The number of rotatable bonds is 0. The molecule has 0 amide bonds. The zero-order valence-electron chi connectivity index (χ0n) is 9.36. The summed E-state index contributed by atoms with van der Waals surface area (Å²) in [5.74, 6) is 0. The van der Waals surface area contributed by atoms with Crippen LogP contribution in [0.3, 0.4) is 0 Å². The Morgan fingerprint density at radius 2 is 1.62 bits per heavy atom. The molecule has 16 heavy (non-hydrogen) atoms. The third kappa shape index (κ3) is 1.65. The molecule has 1 heteroatoms. The van der Waals surface area contributed by atoms with Crippen molar-refractivity contribution < 1.29 is 0 Å². The topological polar surface area (TPSA) is 0 Å². The molecule has 1 heterocycles. The van der Waals surface area contributed by atoms with E-state index in [4.69, 9.17) is 0 Å². The zero-order valence-corrected chi connectivity index (χ0v) is 10.2. The van der Waals surface area contributed by atoms with Crippen molar-refractivity contribution in [2.75, 3.05) is 0 Å². The fourth-order valence-electron chi connectivity index (χ4n) is 2.25. The van der Waals surface area contributed by atoms with Gasteiger partial charge in [0.2, 0.25) is 0 Å². The average molecular weight is 226 g/mol. The van der Waals surface area contributed by atoms with Gasteiger partial charge in [-0.15, -0.1) is 0 Å². The highest BCUT2D eigenvalue weighted by molar-refractivity contribution is 7.99. The van der Waals surface area contributed by atoms with Gasteiger partial charge in [0.25, 0.3) is 0 Å². The van der Waals surface area contributed by atoms with E-state index in [0.717, 1.165) is 0 Å². The predicted octanol–water partition coefficient (Wildman–Crippen LogP) is 4.24. The van der Waals surface area contributed by atoms with Crippen molar-refractivity contribution in [1.29, 1.82) is 0 Å². The molecule has 0 N–H and O–H groups in total. The van der Waals surface area contributed by atoms with Crippen molar-refractivity contribution in [2.45, 2.75) is 29.6 Å². The molecule has 0 aliphatic carbocycles. The maximum atomic E-state index is 2.27. The molecule has 0 saturated carbocycles. The molecule has 1 aliphatic rings. The highest BCUT2D eigenvalue weighted by atomic mass is 32.2. The summed E-state index contributed by atoms with van der Waals surface area (Å²) in [5.41, 5.74) is 4.39. The molecule has 0 bridgehead atoms. The van der Waals surface area contributed by atoms with Crippen molar-refractivity contribution >= 4 is 11.8 Å². The second-order valence-corrected chi connectivity index (χ2v) is 5.33. The lowest BCUT2D eigenvalue weighted by molar-refractivity contribution is 0.923. The quantitative estimate of drug-likeness (QED) is 0.647. The van der Waals surface area contributed by atoms with Crippen LogP contribution in [-0.2, 0) is 12.8 Å². The molecule has 2 aromatic rings. The molecule has 80 valence electrons. The first kappa shape index (κ1) is 9.98. The monoisotopic (exact) mass is 226 g/mol. The Hall–Kier alpha value is -1.21. The predicted molar refractivity (Wildman–Crippen MR) is 69.2 cm³/mol. The fraction of sp³-hybridized carbons (Fsp3) is 0.200. The lowest BCUT2D eigenvalue weighted by atomic mass is 10.0. The molecule has 0 aromatic heterocycles. The van der Waals surface area contributed by atoms with Crippen LogP contribution in [0.2, 0.25) is 0 Å². The van der Waals surface area contributed by atoms with Crippen molar-refractivity contribution in [3.05, 3.63) is 59.2 Å². The highest BCUT2D eigenvalue weighted by Crippen LogP contribution is 2.38. The third-order valence-electron chi connectivity index (χ3n) is 3.14. The molecule has 0 nitrogen and oxygen atoms in total. The smallest absolute Gasteiger partial charge is 0.0183 e. The summed E-state index contributed by atoms with van der Waals surface area (Å²) in [6.45, 7) is 2.21. The number of aryl methyl sites for hydroxylation is 3. The van der Waals surface area contributed by atoms with Crippen LogP contribution in [0.1, 0.15) is 16.7 Å². The summed E-state index contributed by atoms with van der Waals surface area (Å²) < 4.78 is 0. The van der Waals surface area contributed by atoms with Crippen LogP contribution < -0.4 is 0 Å². The van der Waals surface area contributed by atoms with Crippen LogP contribution >= 0.6 is 11.8 Å². The Kier molecular flexibility index (Phi) is 2.49. The Labute approximate surface area is 101 Å². The van der Waals surface area contributed by atoms with E-state index in [1.54, 1.807) is 0 Å². The molecular weight excluding hydrogens is 212 g/mol. The maximum Gasteiger partial charge on any atom is 0.0183 e. The second-order valence-electron chi connectivity index (χ2n) is 4.27. The normalized spacial score (nSPS) is 13.8. The highest BCUT2D eigenvalue weighted by Gasteiger charge is 2.14. The first-order valence-electron chi connectivity index (χ1n) is 5.69. The van der Waals surface area contributed by atoms with Gasteiger partial charge in [-0.25, -0.2) is 0 Å². The van der Waals surface area contributed by atoms with Gasteiger partial charge in [-0.3, -0.25) is 0 Å². The number of fused-ring (bicyclic) bond motifs is 2. The van der Waals surface area contributed by atoms with Crippen LogP contribution in [-0.4, -0.2) is 0 Å². The number of benzene rings is 2. The average Bonchev–Trinajstić information content (AvgIpc) is 2.50. The van der Waals surface area contributed by atoms with E-state index in [1.165, 1.54) is 39.3 Å². The summed E-state index contributed by atoms with van der Waals surface area (Å²) in [7, 11) is 0. The molecule has 2 aromatic carbocycles. The fourth-order valence-corrected chi connectivity index (χ4v) is 3.44. The Balaban J connectivity index is 2.13. The van der Waals surface area contributed by atoms with Crippen LogP contribution in [0.15, 0.2) is 52.3 Å². The summed E-state index contributed by atoms with van der Waals surface area (Å²) in [6, 6.07) is 15.4. The van der Waals surface area contributed by atoms with Gasteiger partial charge < -0.3 is 0 Å².